The lowest BCUT2D eigenvalue weighted by Crippen LogP contribution is -2.61. The largest absolute Gasteiger partial charge is 0.366 e. The summed E-state index contributed by atoms with van der Waals surface area (Å²) in [7, 11) is -3.05. The van der Waals surface area contributed by atoms with Crippen molar-refractivity contribution in [2.45, 2.75) is 50.7 Å². The number of sulfonamides is 1. The summed E-state index contributed by atoms with van der Waals surface area (Å²) >= 11 is 0. The van der Waals surface area contributed by atoms with Gasteiger partial charge in [-0.2, -0.15) is 4.31 Å². The van der Waals surface area contributed by atoms with Crippen LogP contribution in [0.25, 0.3) is 10.9 Å². The van der Waals surface area contributed by atoms with Crippen molar-refractivity contribution < 1.29 is 13.2 Å². The lowest BCUT2D eigenvalue weighted by Gasteiger charge is -2.42. The molecule has 7 nitrogen and oxygen atoms in total. The predicted octanol–water partition coefficient (Wildman–Crippen LogP) is 2.09. The van der Waals surface area contributed by atoms with Gasteiger partial charge >= 0.3 is 0 Å². The average molecular weight is 419 g/mol. The number of nitrogens with two attached hydrogens (primary N) is 1. The van der Waals surface area contributed by atoms with Gasteiger partial charge in [-0.25, -0.2) is 8.42 Å². The first-order valence-corrected chi connectivity index (χ1v) is 12.2. The van der Waals surface area contributed by atoms with Crippen LogP contribution in [0.3, 0.4) is 0 Å². The molecular formula is C21H30N4O3S. The van der Waals surface area contributed by atoms with Gasteiger partial charge in [0.15, 0.2) is 0 Å². The molecule has 1 aliphatic carbocycles. The molecule has 0 bridgehead atoms. The van der Waals surface area contributed by atoms with Crippen molar-refractivity contribution in [3.63, 3.8) is 0 Å². The van der Waals surface area contributed by atoms with E-state index in [9.17, 15) is 13.2 Å². The number of carbonyl (C=O) groups excluding carboxylic acids is 1. The fourth-order valence-corrected chi connectivity index (χ4v) is 5.78. The maximum Gasteiger partial charge on any atom is 0.250 e. The number of para-hydroxylation sites is 1. The Morgan fingerprint density at radius 3 is 2.41 bits per heavy atom. The fraction of sp³-hybridized carbons (Fsp3) is 0.571. The predicted molar refractivity (Wildman–Crippen MR) is 114 cm³/mol. The van der Waals surface area contributed by atoms with Crippen LogP contribution in [0, 0.1) is 5.92 Å². The molecule has 1 amide bonds. The van der Waals surface area contributed by atoms with Crippen LogP contribution in [0.4, 0.5) is 0 Å². The SMILES string of the molecule is CC(C1CCC(NC2CN(S(C)(=O)=O)C2)CC1)n1cc(C(N)=O)c2ccccc21. The van der Waals surface area contributed by atoms with E-state index in [1.165, 1.54) is 10.6 Å². The number of primary amides is 1. The number of fused-ring (bicyclic) bond motifs is 1. The van der Waals surface area contributed by atoms with Crippen molar-refractivity contribution in [2.75, 3.05) is 19.3 Å². The second-order valence-electron chi connectivity index (χ2n) is 8.63. The molecule has 4 rings (SSSR count). The van der Waals surface area contributed by atoms with E-state index in [0.717, 1.165) is 36.6 Å². The average Bonchev–Trinajstić information content (AvgIpc) is 3.03. The van der Waals surface area contributed by atoms with Crippen LogP contribution in [0.1, 0.15) is 49.0 Å². The Kier molecular flexibility index (Phi) is 5.44. The highest BCUT2D eigenvalue weighted by atomic mass is 32.2. The highest BCUT2D eigenvalue weighted by molar-refractivity contribution is 7.88. The summed E-state index contributed by atoms with van der Waals surface area (Å²) in [6, 6.07) is 8.95. The third-order valence-electron chi connectivity index (χ3n) is 6.69. The van der Waals surface area contributed by atoms with E-state index in [0.29, 0.717) is 36.7 Å². The van der Waals surface area contributed by atoms with Gasteiger partial charge in [0, 0.05) is 48.3 Å². The number of amides is 1. The second-order valence-corrected chi connectivity index (χ2v) is 10.6. The van der Waals surface area contributed by atoms with Gasteiger partial charge in [0.05, 0.1) is 11.8 Å². The van der Waals surface area contributed by atoms with E-state index in [2.05, 4.69) is 22.9 Å². The third kappa shape index (κ3) is 4.06. The Morgan fingerprint density at radius 2 is 1.79 bits per heavy atom. The standard InChI is InChI=1S/C21H30N4O3S/c1-14(25-13-19(21(22)26)18-5-3-4-6-20(18)25)15-7-9-16(10-8-15)23-17-11-24(12-17)29(2,27)28/h3-6,13-17,23H,7-12H2,1-2H3,(H2,22,26). The summed E-state index contributed by atoms with van der Waals surface area (Å²) in [5.74, 6) is 0.155. The first kappa shape index (κ1) is 20.4. The molecule has 0 radical (unpaired) electrons. The Morgan fingerprint density at radius 1 is 1.14 bits per heavy atom. The van der Waals surface area contributed by atoms with Gasteiger partial charge in [0.25, 0.3) is 5.91 Å². The van der Waals surface area contributed by atoms with E-state index >= 15 is 0 Å². The summed E-state index contributed by atoms with van der Waals surface area (Å²) in [5, 5.41) is 4.55. The van der Waals surface area contributed by atoms with Crippen molar-refractivity contribution >= 4 is 26.8 Å². The fourth-order valence-electron chi connectivity index (χ4n) is 4.88. The van der Waals surface area contributed by atoms with Crippen LogP contribution < -0.4 is 11.1 Å². The van der Waals surface area contributed by atoms with Crippen LogP contribution in [-0.2, 0) is 10.0 Å². The van der Waals surface area contributed by atoms with Gasteiger partial charge in [-0.1, -0.05) is 18.2 Å². The molecule has 2 heterocycles. The molecule has 1 saturated carbocycles. The van der Waals surface area contributed by atoms with Crippen molar-refractivity contribution in [1.82, 2.24) is 14.2 Å². The lowest BCUT2D eigenvalue weighted by atomic mass is 9.81. The highest BCUT2D eigenvalue weighted by Gasteiger charge is 2.35. The molecule has 2 aromatic rings. The number of rotatable bonds is 6. The normalized spacial score (nSPS) is 25.0. The first-order chi connectivity index (χ1) is 13.7. The summed E-state index contributed by atoms with van der Waals surface area (Å²) in [6.07, 6.45) is 7.58. The van der Waals surface area contributed by atoms with Gasteiger partial charge in [-0.3, -0.25) is 4.79 Å². The zero-order chi connectivity index (χ0) is 20.8. The van der Waals surface area contributed by atoms with E-state index in [1.54, 1.807) is 0 Å². The monoisotopic (exact) mass is 418 g/mol. The van der Waals surface area contributed by atoms with Gasteiger partial charge < -0.3 is 15.6 Å². The molecule has 3 N–H and O–H groups in total. The van der Waals surface area contributed by atoms with E-state index in [4.69, 9.17) is 5.73 Å². The summed E-state index contributed by atoms with van der Waals surface area (Å²) in [6.45, 7) is 3.40. The lowest BCUT2D eigenvalue weighted by molar-refractivity contribution is 0.100. The molecule has 8 heteroatoms. The third-order valence-corrected chi connectivity index (χ3v) is 7.92. The smallest absolute Gasteiger partial charge is 0.250 e. The number of hydrogen-bond donors (Lipinski definition) is 2. The maximum atomic E-state index is 11.9. The number of carbonyl (C=O) groups is 1. The minimum absolute atomic E-state index is 0.273. The van der Waals surface area contributed by atoms with E-state index < -0.39 is 10.0 Å². The van der Waals surface area contributed by atoms with Crippen LogP contribution in [0.2, 0.25) is 0 Å². The van der Waals surface area contributed by atoms with Crippen LogP contribution >= 0.6 is 0 Å². The first-order valence-electron chi connectivity index (χ1n) is 10.3. The molecule has 0 spiro atoms. The number of hydrogen-bond acceptors (Lipinski definition) is 4. The molecule has 2 aliphatic rings. The zero-order valence-electron chi connectivity index (χ0n) is 17.0. The van der Waals surface area contributed by atoms with Crippen LogP contribution in [0.5, 0.6) is 0 Å². The molecule has 1 atom stereocenters. The Balaban J connectivity index is 1.37. The maximum absolute atomic E-state index is 11.9. The summed E-state index contributed by atoms with van der Waals surface area (Å²) in [4.78, 5) is 11.9. The second kappa shape index (κ2) is 7.74. The summed E-state index contributed by atoms with van der Waals surface area (Å²) in [5.41, 5.74) is 7.24. The van der Waals surface area contributed by atoms with Crippen LogP contribution in [0.15, 0.2) is 30.5 Å². The topological polar surface area (TPSA) is 97.4 Å². The molecular weight excluding hydrogens is 388 g/mol. The number of aromatic nitrogens is 1. The highest BCUT2D eigenvalue weighted by Crippen LogP contribution is 2.36. The zero-order valence-corrected chi connectivity index (χ0v) is 17.9. The van der Waals surface area contributed by atoms with Gasteiger partial charge in [0.2, 0.25) is 10.0 Å². The molecule has 158 valence electrons. The van der Waals surface area contributed by atoms with Gasteiger partial charge in [-0.15, -0.1) is 0 Å². The van der Waals surface area contributed by atoms with Crippen molar-refractivity contribution in [3.8, 4) is 0 Å². The quantitative estimate of drug-likeness (QED) is 0.751. The van der Waals surface area contributed by atoms with E-state index in [-0.39, 0.29) is 11.9 Å². The molecule has 2 fully saturated rings. The molecule has 1 unspecified atom stereocenters. The number of benzene rings is 1. The Bertz CT molecular complexity index is 1000. The van der Waals surface area contributed by atoms with Gasteiger partial charge in [0.1, 0.15) is 0 Å². The number of nitrogens with one attached hydrogen (secondary N) is 1. The van der Waals surface area contributed by atoms with Crippen molar-refractivity contribution in [2.24, 2.45) is 11.7 Å². The van der Waals surface area contributed by atoms with Gasteiger partial charge in [-0.05, 0) is 44.6 Å². The minimum Gasteiger partial charge on any atom is -0.366 e. The molecule has 29 heavy (non-hydrogen) atoms. The molecule has 1 aromatic carbocycles. The van der Waals surface area contributed by atoms with Crippen LogP contribution in [-0.4, -0.2) is 54.6 Å². The Hall–Kier alpha value is -1.90. The molecule has 1 aromatic heterocycles. The van der Waals surface area contributed by atoms with E-state index in [1.807, 2.05) is 24.4 Å². The minimum atomic E-state index is -3.05. The van der Waals surface area contributed by atoms with Crippen molar-refractivity contribution in [3.05, 3.63) is 36.0 Å². The Labute approximate surface area is 172 Å². The molecule has 1 saturated heterocycles. The summed E-state index contributed by atoms with van der Waals surface area (Å²) < 4.78 is 26.7. The van der Waals surface area contributed by atoms with Crippen molar-refractivity contribution in [1.29, 1.82) is 0 Å². The molecule has 1 aliphatic heterocycles. The number of nitrogens with zero attached hydrogens (tertiary/aromatic N) is 2.